The number of amides is 1. The molecule has 24 heavy (non-hydrogen) atoms. The molecule has 0 aliphatic carbocycles. The van der Waals surface area contributed by atoms with Gasteiger partial charge in [-0.15, -0.1) is 0 Å². The molecule has 1 aliphatic rings. The van der Waals surface area contributed by atoms with Gasteiger partial charge in [0, 0.05) is 25.1 Å². The standard InChI is InChI=1S/C17H18FN3O3/c18-13-6-4-11(5-7-13)12-3-1-2-8-21(10-12)16(23)14-9-15(22)20-17(24)19-14/h4-7,9,12H,1-3,8,10H2,(H2,19,20,22,24)/t12-/m1/s1. The maximum Gasteiger partial charge on any atom is 0.326 e. The zero-order valence-corrected chi connectivity index (χ0v) is 13.0. The molecule has 2 N–H and O–H groups in total. The van der Waals surface area contributed by atoms with E-state index < -0.39 is 11.2 Å². The van der Waals surface area contributed by atoms with Crippen LogP contribution in [0.25, 0.3) is 0 Å². The van der Waals surface area contributed by atoms with Gasteiger partial charge in [-0.05, 0) is 30.5 Å². The van der Waals surface area contributed by atoms with E-state index in [2.05, 4.69) is 4.98 Å². The summed E-state index contributed by atoms with van der Waals surface area (Å²) in [6, 6.07) is 7.41. The van der Waals surface area contributed by atoms with Gasteiger partial charge in [0.15, 0.2) is 0 Å². The number of benzene rings is 1. The Bertz CT molecular complexity index is 813. The summed E-state index contributed by atoms with van der Waals surface area (Å²) in [6.45, 7) is 1.03. The summed E-state index contributed by atoms with van der Waals surface area (Å²) in [4.78, 5) is 41.5. The molecule has 1 aromatic heterocycles. The van der Waals surface area contributed by atoms with Crippen molar-refractivity contribution in [1.29, 1.82) is 0 Å². The van der Waals surface area contributed by atoms with E-state index in [0.717, 1.165) is 30.9 Å². The molecule has 0 unspecified atom stereocenters. The number of carbonyl (C=O) groups excluding carboxylic acids is 1. The molecule has 3 rings (SSSR count). The molecule has 6 nitrogen and oxygen atoms in total. The van der Waals surface area contributed by atoms with Crippen LogP contribution in [-0.2, 0) is 0 Å². The summed E-state index contributed by atoms with van der Waals surface area (Å²) in [5, 5.41) is 0. The smallest absolute Gasteiger partial charge is 0.326 e. The fourth-order valence-electron chi connectivity index (χ4n) is 3.09. The number of aromatic nitrogens is 2. The molecule has 0 saturated carbocycles. The quantitative estimate of drug-likeness (QED) is 0.877. The first-order chi connectivity index (χ1) is 11.5. The number of nitrogens with zero attached hydrogens (tertiary/aromatic N) is 1. The molecule has 126 valence electrons. The van der Waals surface area contributed by atoms with Gasteiger partial charge in [-0.25, -0.2) is 9.18 Å². The van der Waals surface area contributed by atoms with Crippen molar-refractivity contribution in [1.82, 2.24) is 14.9 Å². The van der Waals surface area contributed by atoms with Crippen molar-refractivity contribution in [2.75, 3.05) is 13.1 Å². The Hall–Kier alpha value is -2.70. The molecule has 1 saturated heterocycles. The topological polar surface area (TPSA) is 86.0 Å². The predicted octanol–water partition coefficient (Wildman–Crippen LogP) is 1.61. The van der Waals surface area contributed by atoms with Gasteiger partial charge >= 0.3 is 5.69 Å². The number of H-pyrrole nitrogens is 2. The highest BCUT2D eigenvalue weighted by Gasteiger charge is 2.24. The minimum Gasteiger partial charge on any atom is -0.337 e. The van der Waals surface area contributed by atoms with Crippen LogP contribution in [-0.4, -0.2) is 33.9 Å². The first-order valence-electron chi connectivity index (χ1n) is 7.91. The average Bonchev–Trinajstić information content (AvgIpc) is 2.80. The molecule has 0 radical (unpaired) electrons. The number of aromatic amines is 2. The van der Waals surface area contributed by atoms with Crippen molar-refractivity contribution in [3.8, 4) is 0 Å². The SMILES string of the molecule is O=C(c1cc(=O)[nH]c(=O)[nH]1)N1CCCC[C@@H](c2ccc(F)cc2)C1. The van der Waals surface area contributed by atoms with Crippen LogP contribution in [0.2, 0.25) is 0 Å². The van der Waals surface area contributed by atoms with Crippen LogP contribution in [0.3, 0.4) is 0 Å². The lowest BCUT2D eigenvalue weighted by Gasteiger charge is -2.24. The van der Waals surface area contributed by atoms with E-state index in [4.69, 9.17) is 0 Å². The van der Waals surface area contributed by atoms with Crippen LogP contribution in [0.15, 0.2) is 39.9 Å². The monoisotopic (exact) mass is 331 g/mol. The Morgan fingerprint density at radius 2 is 1.88 bits per heavy atom. The van der Waals surface area contributed by atoms with Gasteiger partial charge in [-0.1, -0.05) is 18.6 Å². The number of likely N-dealkylation sites (tertiary alicyclic amines) is 1. The number of carbonyl (C=O) groups is 1. The minimum absolute atomic E-state index is 0.0106. The van der Waals surface area contributed by atoms with E-state index in [1.807, 2.05) is 4.98 Å². The summed E-state index contributed by atoms with van der Waals surface area (Å²) < 4.78 is 13.1. The van der Waals surface area contributed by atoms with E-state index in [1.165, 1.54) is 12.1 Å². The lowest BCUT2D eigenvalue weighted by atomic mass is 9.94. The van der Waals surface area contributed by atoms with Gasteiger partial charge in [-0.2, -0.15) is 0 Å². The molecule has 1 atom stereocenters. The summed E-state index contributed by atoms with van der Waals surface area (Å²) in [5.41, 5.74) is -0.332. The Morgan fingerprint density at radius 3 is 2.58 bits per heavy atom. The molecule has 1 fully saturated rings. The number of rotatable bonds is 2. The first kappa shape index (κ1) is 16.2. The zero-order chi connectivity index (χ0) is 17.1. The summed E-state index contributed by atoms with van der Waals surface area (Å²) >= 11 is 0. The maximum atomic E-state index is 13.1. The lowest BCUT2D eigenvalue weighted by molar-refractivity contribution is 0.0748. The van der Waals surface area contributed by atoms with E-state index in [0.29, 0.717) is 13.1 Å². The lowest BCUT2D eigenvalue weighted by Crippen LogP contribution is -2.37. The summed E-state index contributed by atoms with van der Waals surface area (Å²) in [7, 11) is 0. The molecular weight excluding hydrogens is 313 g/mol. The second kappa shape index (κ2) is 6.82. The van der Waals surface area contributed by atoms with Gasteiger partial charge in [0.1, 0.15) is 11.5 Å². The van der Waals surface area contributed by atoms with E-state index >= 15 is 0 Å². The van der Waals surface area contributed by atoms with Crippen molar-refractivity contribution in [2.45, 2.75) is 25.2 Å². The van der Waals surface area contributed by atoms with E-state index in [1.54, 1.807) is 17.0 Å². The number of halogens is 1. The third-order valence-electron chi connectivity index (χ3n) is 4.29. The Kier molecular flexibility index (Phi) is 4.59. The normalized spacial score (nSPS) is 18.2. The van der Waals surface area contributed by atoms with Gasteiger partial charge in [0.2, 0.25) is 0 Å². The zero-order valence-electron chi connectivity index (χ0n) is 13.0. The Morgan fingerprint density at radius 1 is 1.12 bits per heavy atom. The number of nitrogens with one attached hydrogen (secondary N) is 2. The Labute approximate surface area is 137 Å². The molecular formula is C17H18FN3O3. The van der Waals surface area contributed by atoms with Crippen LogP contribution in [0.1, 0.15) is 41.2 Å². The van der Waals surface area contributed by atoms with Gasteiger partial charge in [-0.3, -0.25) is 14.6 Å². The van der Waals surface area contributed by atoms with Crippen molar-refractivity contribution in [3.63, 3.8) is 0 Å². The predicted molar refractivity (Wildman–Crippen MR) is 86.6 cm³/mol. The molecule has 1 amide bonds. The van der Waals surface area contributed by atoms with Crippen LogP contribution in [0, 0.1) is 5.82 Å². The van der Waals surface area contributed by atoms with E-state index in [-0.39, 0.29) is 23.3 Å². The van der Waals surface area contributed by atoms with Gasteiger partial charge < -0.3 is 9.88 Å². The van der Waals surface area contributed by atoms with Crippen LogP contribution in [0.5, 0.6) is 0 Å². The van der Waals surface area contributed by atoms with Crippen molar-refractivity contribution in [3.05, 3.63) is 68.2 Å². The Balaban J connectivity index is 1.84. The molecule has 2 heterocycles. The third-order valence-corrected chi connectivity index (χ3v) is 4.29. The van der Waals surface area contributed by atoms with Crippen LogP contribution < -0.4 is 11.2 Å². The molecule has 1 aliphatic heterocycles. The maximum absolute atomic E-state index is 13.1. The molecule has 0 bridgehead atoms. The molecule has 2 aromatic rings. The summed E-state index contributed by atoms with van der Waals surface area (Å²) in [6.07, 6.45) is 2.70. The van der Waals surface area contributed by atoms with Gasteiger partial charge in [0.05, 0.1) is 0 Å². The highest BCUT2D eigenvalue weighted by molar-refractivity contribution is 5.92. The first-order valence-corrected chi connectivity index (χ1v) is 7.91. The third kappa shape index (κ3) is 3.61. The van der Waals surface area contributed by atoms with E-state index in [9.17, 15) is 18.8 Å². The number of hydrogen-bond acceptors (Lipinski definition) is 3. The minimum atomic E-state index is -0.698. The highest BCUT2D eigenvalue weighted by atomic mass is 19.1. The number of hydrogen-bond donors (Lipinski definition) is 2. The molecule has 1 aromatic carbocycles. The van der Waals surface area contributed by atoms with Crippen molar-refractivity contribution < 1.29 is 9.18 Å². The summed E-state index contributed by atoms with van der Waals surface area (Å²) in [5.74, 6) is -0.556. The fourth-order valence-corrected chi connectivity index (χ4v) is 3.09. The van der Waals surface area contributed by atoms with Crippen molar-refractivity contribution in [2.24, 2.45) is 0 Å². The molecule has 7 heteroatoms. The van der Waals surface area contributed by atoms with Crippen LogP contribution in [0.4, 0.5) is 4.39 Å². The van der Waals surface area contributed by atoms with Crippen LogP contribution >= 0.6 is 0 Å². The second-order valence-electron chi connectivity index (χ2n) is 6.00. The average molecular weight is 331 g/mol. The fraction of sp³-hybridized carbons (Fsp3) is 0.353. The van der Waals surface area contributed by atoms with Gasteiger partial charge in [0.25, 0.3) is 11.5 Å². The highest BCUT2D eigenvalue weighted by Crippen LogP contribution is 2.27. The molecule has 0 spiro atoms. The van der Waals surface area contributed by atoms with Crippen molar-refractivity contribution >= 4 is 5.91 Å². The second-order valence-corrected chi connectivity index (χ2v) is 6.00. The largest absolute Gasteiger partial charge is 0.337 e.